The average molecular weight is 323 g/mol. The van der Waals surface area contributed by atoms with Crippen LogP contribution in [0.3, 0.4) is 0 Å². The number of anilines is 1. The third-order valence-corrected chi connectivity index (χ3v) is 4.73. The lowest BCUT2D eigenvalue weighted by Crippen LogP contribution is -3.11. The maximum Gasteiger partial charge on any atom is 0.279 e. The van der Waals surface area contributed by atoms with Gasteiger partial charge in [0.25, 0.3) is 5.91 Å². The summed E-state index contributed by atoms with van der Waals surface area (Å²) in [7, 11) is 2.06. The first-order valence-electron chi connectivity index (χ1n) is 8.39. The third-order valence-electron chi connectivity index (χ3n) is 4.73. The van der Waals surface area contributed by atoms with Crippen LogP contribution in [0, 0.1) is 11.3 Å². The molecule has 124 valence electrons. The summed E-state index contributed by atoms with van der Waals surface area (Å²) in [4.78, 5) is 13.7. The van der Waals surface area contributed by atoms with Crippen LogP contribution < -0.4 is 10.2 Å². The maximum atomic E-state index is 12.4. The fraction of sp³-hybridized carbons (Fsp3) is 0.368. The first-order valence-corrected chi connectivity index (χ1v) is 8.39. The van der Waals surface area contributed by atoms with E-state index in [0.717, 1.165) is 30.6 Å². The lowest BCUT2D eigenvalue weighted by Gasteiger charge is -2.21. The van der Waals surface area contributed by atoms with E-state index in [4.69, 9.17) is 5.26 Å². The van der Waals surface area contributed by atoms with Crippen LogP contribution in [0.1, 0.15) is 30.1 Å². The number of nitrogens with zero attached hydrogens (tertiary/aromatic N) is 2. The second-order valence-corrected chi connectivity index (χ2v) is 6.40. The molecule has 1 unspecified atom stereocenters. The van der Waals surface area contributed by atoms with Gasteiger partial charge in [-0.05, 0) is 29.8 Å². The molecule has 1 aromatic heterocycles. The van der Waals surface area contributed by atoms with Gasteiger partial charge in [-0.3, -0.25) is 4.79 Å². The number of benzene rings is 1. The number of aryl methyl sites for hydroxylation is 1. The largest absolute Gasteiger partial charge is 0.350 e. The molecule has 1 aromatic carbocycles. The maximum absolute atomic E-state index is 12.4. The van der Waals surface area contributed by atoms with Crippen molar-refractivity contribution < 1.29 is 9.69 Å². The van der Waals surface area contributed by atoms with Crippen molar-refractivity contribution in [2.75, 3.05) is 18.4 Å². The quantitative estimate of drug-likeness (QED) is 0.875. The number of quaternary nitrogens is 1. The van der Waals surface area contributed by atoms with Gasteiger partial charge in [-0.15, -0.1) is 0 Å². The molecular formula is C19H23N4O+. The summed E-state index contributed by atoms with van der Waals surface area (Å²) in [6, 6.07) is 14.2. The van der Waals surface area contributed by atoms with Gasteiger partial charge in [-0.2, -0.15) is 5.26 Å². The Hall–Kier alpha value is -2.58. The van der Waals surface area contributed by atoms with Crippen molar-refractivity contribution in [1.29, 1.82) is 5.26 Å². The predicted octanol–water partition coefficient (Wildman–Crippen LogP) is 1.45. The van der Waals surface area contributed by atoms with Crippen LogP contribution in [-0.2, 0) is 18.3 Å². The molecule has 2 heterocycles. The molecule has 1 amide bonds. The number of nitrogens with one attached hydrogen (secondary N) is 2. The molecule has 2 aromatic rings. The van der Waals surface area contributed by atoms with Crippen molar-refractivity contribution >= 4 is 11.6 Å². The van der Waals surface area contributed by atoms with Crippen LogP contribution in [0.2, 0.25) is 0 Å². The number of rotatable bonds is 5. The average Bonchev–Trinajstić information content (AvgIpc) is 3.18. The molecule has 2 N–H and O–H groups in total. The van der Waals surface area contributed by atoms with Crippen molar-refractivity contribution in [2.45, 2.75) is 25.3 Å². The topological polar surface area (TPSA) is 62.3 Å². The minimum atomic E-state index is 0.0409. The summed E-state index contributed by atoms with van der Waals surface area (Å²) in [6.07, 6.45) is 4.74. The van der Waals surface area contributed by atoms with Gasteiger partial charge in [-0.1, -0.05) is 12.1 Å². The van der Waals surface area contributed by atoms with Gasteiger partial charge in [0, 0.05) is 31.8 Å². The lowest BCUT2D eigenvalue weighted by molar-refractivity contribution is -0.910. The second-order valence-electron chi connectivity index (χ2n) is 6.40. The number of hydrogen-bond donors (Lipinski definition) is 2. The number of hydrogen-bond acceptors (Lipinski definition) is 2. The van der Waals surface area contributed by atoms with Crippen LogP contribution in [0.15, 0.2) is 42.6 Å². The van der Waals surface area contributed by atoms with Gasteiger partial charge in [0.2, 0.25) is 0 Å². The zero-order valence-corrected chi connectivity index (χ0v) is 14.0. The third kappa shape index (κ3) is 3.66. The van der Waals surface area contributed by atoms with Crippen molar-refractivity contribution in [2.24, 2.45) is 7.05 Å². The Kier molecular flexibility index (Phi) is 4.97. The van der Waals surface area contributed by atoms with Crippen molar-refractivity contribution in [3.05, 3.63) is 53.9 Å². The van der Waals surface area contributed by atoms with Crippen LogP contribution in [0.5, 0.6) is 0 Å². The van der Waals surface area contributed by atoms with Gasteiger partial charge >= 0.3 is 0 Å². The summed E-state index contributed by atoms with van der Waals surface area (Å²) in [6.45, 7) is 1.51. The number of carbonyl (C=O) groups excluding carboxylic acids is 1. The van der Waals surface area contributed by atoms with E-state index >= 15 is 0 Å². The molecule has 5 nitrogen and oxygen atoms in total. The Bertz CT molecular complexity index is 741. The molecule has 3 rings (SSSR count). The second kappa shape index (κ2) is 7.33. The van der Waals surface area contributed by atoms with Crippen LogP contribution in [-0.4, -0.2) is 23.6 Å². The molecule has 24 heavy (non-hydrogen) atoms. The molecular weight excluding hydrogens is 300 g/mol. The number of likely N-dealkylation sites (tertiary alicyclic amines) is 1. The van der Waals surface area contributed by atoms with Gasteiger partial charge < -0.3 is 14.8 Å². The molecule has 1 aliphatic heterocycles. The minimum Gasteiger partial charge on any atom is -0.350 e. The predicted molar refractivity (Wildman–Crippen MR) is 92.5 cm³/mol. The van der Waals surface area contributed by atoms with Gasteiger partial charge in [0.1, 0.15) is 6.04 Å². The molecule has 2 atom stereocenters. The molecule has 1 saturated heterocycles. The summed E-state index contributed by atoms with van der Waals surface area (Å²) >= 11 is 0. The first kappa shape index (κ1) is 16.3. The smallest absolute Gasteiger partial charge is 0.279 e. The van der Waals surface area contributed by atoms with E-state index in [1.807, 2.05) is 24.3 Å². The highest BCUT2D eigenvalue weighted by atomic mass is 16.2. The normalized spacial score (nSPS) is 19.8. The molecule has 1 aliphatic rings. The Morgan fingerprint density at radius 3 is 2.83 bits per heavy atom. The van der Waals surface area contributed by atoms with Crippen molar-refractivity contribution in [3.63, 3.8) is 0 Å². The molecule has 0 bridgehead atoms. The number of nitriles is 1. The van der Waals surface area contributed by atoms with E-state index in [1.165, 1.54) is 10.6 Å². The van der Waals surface area contributed by atoms with Crippen LogP contribution in [0.4, 0.5) is 5.69 Å². The Morgan fingerprint density at radius 1 is 1.38 bits per heavy atom. The Morgan fingerprint density at radius 2 is 2.17 bits per heavy atom. The molecule has 1 fully saturated rings. The molecule has 0 radical (unpaired) electrons. The fourth-order valence-electron chi connectivity index (χ4n) is 3.53. The zero-order valence-electron chi connectivity index (χ0n) is 14.0. The number of carbonyl (C=O) groups is 1. The summed E-state index contributed by atoms with van der Waals surface area (Å²) in [5, 5.41) is 11.7. The van der Waals surface area contributed by atoms with Crippen molar-refractivity contribution in [3.8, 4) is 6.07 Å². The number of aromatic nitrogens is 1. The highest BCUT2D eigenvalue weighted by molar-refractivity contribution is 5.91. The van der Waals surface area contributed by atoms with Crippen molar-refractivity contribution in [1.82, 2.24) is 4.57 Å². The van der Waals surface area contributed by atoms with E-state index in [2.05, 4.69) is 41.3 Å². The van der Waals surface area contributed by atoms with Crippen LogP contribution in [0.25, 0.3) is 0 Å². The monoisotopic (exact) mass is 323 g/mol. The minimum absolute atomic E-state index is 0.0409. The van der Waals surface area contributed by atoms with E-state index in [1.54, 1.807) is 0 Å². The highest BCUT2D eigenvalue weighted by Gasteiger charge is 2.32. The van der Waals surface area contributed by atoms with Gasteiger partial charge in [-0.25, -0.2) is 0 Å². The SMILES string of the molecule is Cn1cccc1[C@@H]1CCC[NH+]1CC(=O)Nc1ccc(CC#N)cc1. The first-order chi connectivity index (χ1) is 11.7. The fourth-order valence-corrected chi connectivity index (χ4v) is 3.53. The zero-order chi connectivity index (χ0) is 16.9. The molecule has 0 spiro atoms. The van der Waals surface area contributed by atoms with Gasteiger partial charge in [0.15, 0.2) is 6.54 Å². The van der Waals surface area contributed by atoms with E-state index in [9.17, 15) is 4.79 Å². The molecule has 5 heteroatoms. The van der Waals surface area contributed by atoms with Crippen LogP contribution >= 0.6 is 0 Å². The summed E-state index contributed by atoms with van der Waals surface area (Å²) < 4.78 is 2.15. The van der Waals surface area contributed by atoms with E-state index < -0.39 is 0 Å². The standard InChI is InChI=1S/C19H22N4O/c1-22-12-2-4-17(22)18-5-3-13-23(18)14-19(24)21-16-8-6-15(7-9-16)10-11-20/h2,4,6-9,12,18H,3,5,10,13-14H2,1H3,(H,21,24)/p+1/t18-/m0/s1. The Labute approximate surface area is 142 Å². The Balaban J connectivity index is 1.60. The molecule has 0 saturated carbocycles. The summed E-state index contributed by atoms with van der Waals surface area (Å²) in [5.41, 5.74) is 3.05. The molecule has 0 aliphatic carbocycles. The lowest BCUT2D eigenvalue weighted by atomic mass is 10.1. The highest BCUT2D eigenvalue weighted by Crippen LogP contribution is 2.19. The van der Waals surface area contributed by atoms with E-state index in [0.29, 0.717) is 19.0 Å². The summed E-state index contributed by atoms with van der Waals surface area (Å²) in [5.74, 6) is 0.0409. The van der Waals surface area contributed by atoms with Gasteiger partial charge in [0.05, 0.1) is 24.7 Å². The number of amides is 1. The van der Waals surface area contributed by atoms with E-state index in [-0.39, 0.29) is 5.91 Å².